The van der Waals surface area contributed by atoms with Crippen molar-refractivity contribution >= 4 is 30.6 Å². The zero-order valence-electron chi connectivity index (χ0n) is 12.8. The molecule has 2 aromatic carbocycles. The third kappa shape index (κ3) is 3.62. The zero-order chi connectivity index (χ0) is 18.4. The van der Waals surface area contributed by atoms with E-state index in [1.54, 1.807) is 12.1 Å². The molecule has 0 aliphatic rings. The van der Waals surface area contributed by atoms with Crippen molar-refractivity contribution in [1.82, 2.24) is 4.98 Å². The summed E-state index contributed by atoms with van der Waals surface area (Å²) in [6.45, 7) is 1.81. The number of aryl methyl sites for hydroxylation is 1. The van der Waals surface area contributed by atoms with Crippen molar-refractivity contribution in [3.63, 3.8) is 0 Å². The summed E-state index contributed by atoms with van der Waals surface area (Å²) in [6, 6.07) is 10.7. The maximum Gasteiger partial charge on any atom is 0.416 e. The maximum absolute atomic E-state index is 12.7. The van der Waals surface area contributed by atoms with Crippen LogP contribution >= 0.6 is 10.7 Å². The molecule has 8 heteroatoms. The molecule has 0 atom stereocenters. The van der Waals surface area contributed by atoms with E-state index in [1.165, 1.54) is 24.3 Å². The van der Waals surface area contributed by atoms with Crippen LogP contribution in [-0.2, 0) is 15.2 Å². The van der Waals surface area contributed by atoms with Gasteiger partial charge in [0.15, 0.2) is 0 Å². The highest BCUT2D eigenvalue weighted by molar-refractivity contribution is 8.13. The lowest BCUT2D eigenvalue weighted by atomic mass is 10.0. The number of hydrogen-bond acceptors (Lipinski definition) is 3. The van der Waals surface area contributed by atoms with Gasteiger partial charge in [0.1, 0.15) is 0 Å². The smallest absolute Gasteiger partial charge is 0.248 e. The van der Waals surface area contributed by atoms with Gasteiger partial charge in [-0.3, -0.25) is 0 Å². The van der Waals surface area contributed by atoms with E-state index < -0.39 is 20.8 Å². The van der Waals surface area contributed by atoms with E-state index in [0.29, 0.717) is 16.8 Å². The van der Waals surface area contributed by atoms with Crippen LogP contribution in [0.15, 0.2) is 53.4 Å². The topological polar surface area (TPSA) is 47.0 Å². The molecular formula is C17H11ClF3NO2S. The molecule has 0 aliphatic carbocycles. The van der Waals surface area contributed by atoms with Gasteiger partial charge in [-0.15, -0.1) is 0 Å². The second-order valence-electron chi connectivity index (χ2n) is 5.52. The lowest BCUT2D eigenvalue weighted by Crippen LogP contribution is -2.04. The minimum atomic E-state index is -4.41. The molecule has 25 heavy (non-hydrogen) atoms. The Labute approximate surface area is 146 Å². The van der Waals surface area contributed by atoms with Gasteiger partial charge in [-0.2, -0.15) is 13.2 Å². The Hall–Kier alpha value is -2.12. The molecule has 0 saturated heterocycles. The summed E-state index contributed by atoms with van der Waals surface area (Å²) in [7, 11) is 1.45. The monoisotopic (exact) mass is 385 g/mol. The molecule has 3 nitrogen and oxygen atoms in total. The van der Waals surface area contributed by atoms with Gasteiger partial charge in [0.2, 0.25) is 0 Å². The number of aromatic nitrogens is 1. The van der Waals surface area contributed by atoms with Crippen molar-refractivity contribution in [2.75, 3.05) is 0 Å². The number of nitrogens with zero attached hydrogens (tertiary/aromatic N) is 1. The highest BCUT2D eigenvalue weighted by atomic mass is 35.7. The van der Waals surface area contributed by atoms with Gasteiger partial charge >= 0.3 is 6.18 Å². The normalized spacial score (nSPS) is 12.5. The second kappa shape index (κ2) is 6.00. The van der Waals surface area contributed by atoms with E-state index in [9.17, 15) is 21.6 Å². The summed E-state index contributed by atoms with van der Waals surface area (Å²) in [4.78, 5) is 4.28. The second-order valence-corrected chi connectivity index (χ2v) is 8.08. The Bertz CT molecular complexity index is 1060. The molecule has 1 aromatic heterocycles. The predicted molar refractivity (Wildman–Crippen MR) is 90.0 cm³/mol. The van der Waals surface area contributed by atoms with E-state index in [0.717, 1.165) is 23.1 Å². The summed E-state index contributed by atoms with van der Waals surface area (Å²) in [5, 5.41) is 0.736. The summed E-state index contributed by atoms with van der Waals surface area (Å²) in [6.07, 6.45) is -4.41. The van der Waals surface area contributed by atoms with Crippen molar-refractivity contribution in [2.45, 2.75) is 18.0 Å². The number of pyridine rings is 1. The lowest BCUT2D eigenvalue weighted by Gasteiger charge is -2.10. The van der Waals surface area contributed by atoms with Crippen LogP contribution < -0.4 is 0 Å². The van der Waals surface area contributed by atoms with Crippen molar-refractivity contribution in [1.29, 1.82) is 0 Å². The first-order valence-electron chi connectivity index (χ1n) is 7.09. The van der Waals surface area contributed by atoms with E-state index in [-0.39, 0.29) is 4.90 Å². The summed E-state index contributed by atoms with van der Waals surface area (Å²) in [5.41, 5.74) is 1.42. The van der Waals surface area contributed by atoms with Gasteiger partial charge in [-0.1, -0.05) is 18.2 Å². The summed E-state index contributed by atoms with van der Waals surface area (Å²) in [5.74, 6) is 0. The summed E-state index contributed by atoms with van der Waals surface area (Å²) >= 11 is 0. The molecule has 0 N–H and O–H groups in total. The fraction of sp³-hybridized carbons (Fsp3) is 0.118. The molecule has 0 spiro atoms. The molecule has 0 bridgehead atoms. The maximum atomic E-state index is 12.7. The molecule has 130 valence electrons. The van der Waals surface area contributed by atoms with Gasteiger partial charge in [-0.05, 0) is 42.8 Å². The van der Waals surface area contributed by atoms with Crippen molar-refractivity contribution in [3.05, 3.63) is 59.7 Å². The van der Waals surface area contributed by atoms with Crippen LogP contribution in [0, 0.1) is 6.92 Å². The van der Waals surface area contributed by atoms with Crippen LogP contribution in [0.4, 0.5) is 13.2 Å². The van der Waals surface area contributed by atoms with Crippen LogP contribution in [-0.4, -0.2) is 13.4 Å². The minimum Gasteiger partial charge on any atom is -0.248 e. The number of benzene rings is 2. The van der Waals surface area contributed by atoms with E-state index in [4.69, 9.17) is 10.7 Å². The quantitative estimate of drug-likeness (QED) is 0.573. The largest absolute Gasteiger partial charge is 0.416 e. The molecular weight excluding hydrogens is 375 g/mol. The Morgan fingerprint density at radius 3 is 2.20 bits per heavy atom. The molecule has 0 amide bonds. The van der Waals surface area contributed by atoms with Gasteiger partial charge in [-0.25, -0.2) is 13.4 Å². The first-order valence-corrected chi connectivity index (χ1v) is 9.40. The Morgan fingerprint density at radius 1 is 1.00 bits per heavy atom. The van der Waals surface area contributed by atoms with Crippen LogP contribution in [0.2, 0.25) is 0 Å². The average Bonchev–Trinajstić information content (AvgIpc) is 2.52. The third-order valence-corrected chi connectivity index (χ3v) is 5.13. The molecule has 3 rings (SSSR count). The summed E-state index contributed by atoms with van der Waals surface area (Å²) < 4.78 is 61.0. The SMILES string of the molecule is Cc1cc(-c2ccc(C(F)(F)F)cc2)nc2cc(S(=O)(=O)Cl)ccc12. The number of fused-ring (bicyclic) bond motifs is 1. The number of rotatable bonds is 2. The average molecular weight is 386 g/mol. The molecule has 0 radical (unpaired) electrons. The van der Waals surface area contributed by atoms with E-state index >= 15 is 0 Å². The zero-order valence-corrected chi connectivity index (χ0v) is 14.4. The number of halogens is 4. The number of hydrogen-bond donors (Lipinski definition) is 0. The van der Waals surface area contributed by atoms with Crippen LogP contribution in [0.1, 0.15) is 11.1 Å². The van der Waals surface area contributed by atoms with E-state index in [2.05, 4.69) is 4.98 Å². The molecule has 3 aromatic rings. The fourth-order valence-electron chi connectivity index (χ4n) is 2.51. The number of alkyl halides is 3. The van der Waals surface area contributed by atoms with Crippen LogP contribution in [0.3, 0.4) is 0 Å². The van der Waals surface area contributed by atoms with Crippen molar-refractivity contribution < 1.29 is 21.6 Å². The fourth-order valence-corrected chi connectivity index (χ4v) is 3.28. The van der Waals surface area contributed by atoms with Crippen LogP contribution in [0.25, 0.3) is 22.2 Å². The molecule has 0 saturated carbocycles. The predicted octanol–water partition coefficient (Wildman–Crippen LogP) is 5.16. The molecule has 0 unspecified atom stereocenters. The van der Waals surface area contributed by atoms with Gasteiger partial charge in [0.05, 0.1) is 21.7 Å². The Morgan fingerprint density at radius 2 is 1.64 bits per heavy atom. The first kappa shape index (κ1) is 17.7. The van der Waals surface area contributed by atoms with Gasteiger partial charge in [0, 0.05) is 21.6 Å². The van der Waals surface area contributed by atoms with E-state index in [1.807, 2.05) is 6.92 Å². The highest BCUT2D eigenvalue weighted by Crippen LogP contribution is 2.32. The lowest BCUT2D eigenvalue weighted by molar-refractivity contribution is -0.137. The minimum absolute atomic E-state index is 0.0851. The third-order valence-electron chi connectivity index (χ3n) is 3.78. The standard InChI is InChI=1S/C17H11ClF3NO2S/c1-10-8-15(11-2-4-12(5-3-11)17(19,20)21)22-16-9-13(25(18,23)24)6-7-14(10)16/h2-9H,1H3. The van der Waals surface area contributed by atoms with Crippen LogP contribution in [0.5, 0.6) is 0 Å². The first-order chi connectivity index (χ1) is 11.6. The Balaban J connectivity index is 2.13. The molecule has 0 aliphatic heterocycles. The van der Waals surface area contributed by atoms with Crippen molar-refractivity contribution in [2.24, 2.45) is 0 Å². The van der Waals surface area contributed by atoms with Crippen molar-refractivity contribution in [3.8, 4) is 11.3 Å². The van der Waals surface area contributed by atoms with Gasteiger partial charge in [0.25, 0.3) is 9.05 Å². The Kier molecular flexibility index (Phi) is 4.25. The molecule has 0 fully saturated rings. The van der Waals surface area contributed by atoms with Gasteiger partial charge < -0.3 is 0 Å². The highest BCUT2D eigenvalue weighted by Gasteiger charge is 2.30. The molecule has 1 heterocycles.